The minimum absolute atomic E-state index is 0.000253. The van der Waals surface area contributed by atoms with Gasteiger partial charge in [-0.1, -0.05) is 50.9 Å². The predicted molar refractivity (Wildman–Crippen MR) is 231 cm³/mol. The Hall–Kier alpha value is -4.34. The van der Waals surface area contributed by atoms with E-state index in [0.29, 0.717) is 13.1 Å². The van der Waals surface area contributed by atoms with E-state index in [1.54, 1.807) is 0 Å². The molecular weight excluding hydrogens is 858 g/mol. The Morgan fingerprint density at radius 3 is 1.45 bits per heavy atom. The molecule has 21 heteroatoms. The van der Waals surface area contributed by atoms with E-state index in [-0.39, 0.29) is 62.0 Å². The first-order valence-electron chi connectivity index (χ1n) is 19.1. The highest BCUT2D eigenvalue weighted by molar-refractivity contribution is 7.89. The van der Waals surface area contributed by atoms with Gasteiger partial charge in [0, 0.05) is 37.6 Å². The van der Waals surface area contributed by atoms with E-state index < -0.39 is 55.4 Å². The van der Waals surface area contributed by atoms with Crippen molar-refractivity contribution in [2.75, 3.05) is 57.7 Å². The van der Waals surface area contributed by atoms with Crippen molar-refractivity contribution < 1.29 is 36.0 Å². The normalized spacial score (nSPS) is 13.3. The molecule has 3 N–H and O–H groups in total. The Morgan fingerprint density at radius 1 is 0.633 bits per heavy atom. The topological polar surface area (TPSA) is 229 Å². The summed E-state index contributed by atoms with van der Waals surface area (Å²) in [5.74, 6) is -2.80. The molecule has 0 aromatic heterocycles. The lowest BCUT2D eigenvalue weighted by molar-refractivity contribution is -0.128. The summed E-state index contributed by atoms with van der Waals surface area (Å²) in [4.78, 5) is 55.4. The van der Waals surface area contributed by atoms with Crippen molar-refractivity contribution in [2.24, 2.45) is 20.5 Å². The SMILES string of the molecule is CCN(CC)CCNS(=O)(=O)c1ccc(N=NC(C(C)=O)C(=O)Cc2cc(Cl)c(NC(=O)C(N=Nc3ccc(S(=O)(=O)NCCN(CC)CC)cc3)C(C)=O)cc2Cl)cc1. The van der Waals surface area contributed by atoms with Crippen molar-refractivity contribution in [3.8, 4) is 0 Å². The summed E-state index contributed by atoms with van der Waals surface area (Å²) >= 11 is 12.9. The van der Waals surface area contributed by atoms with Gasteiger partial charge in [0.2, 0.25) is 26.1 Å². The highest BCUT2D eigenvalue weighted by Crippen LogP contribution is 2.31. The molecule has 2 unspecified atom stereocenters. The first-order chi connectivity index (χ1) is 28.3. The van der Waals surface area contributed by atoms with E-state index in [1.807, 2.05) is 27.7 Å². The van der Waals surface area contributed by atoms with Crippen LogP contribution in [0.5, 0.6) is 0 Å². The molecule has 0 aliphatic rings. The van der Waals surface area contributed by atoms with Gasteiger partial charge in [-0.05, 0) is 106 Å². The minimum atomic E-state index is -3.78. The molecule has 0 bridgehead atoms. The monoisotopic (exact) mass is 907 g/mol. The number of anilines is 1. The molecule has 0 aliphatic carbocycles. The van der Waals surface area contributed by atoms with Crippen LogP contribution < -0.4 is 14.8 Å². The Kier molecular flexibility index (Phi) is 19.7. The van der Waals surface area contributed by atoms with Crippen LogP contribution in [-0.4, -0.2) is 114 Å². The van der Waals surface area contributed by atoms with Crippen LogP contribution in [0.25, 0.3) is 0 Å². The third-order valence-corrected chi connectivity index (χ3v) is 12.8. The molecule has 0 aliphatic heterocycles. The molecule has 60 heavy (non-hydrogen) atoms. The van der Waals surface area contributed by atoms with Crippen LogP contribution >= 0.6 is 23.2 Å². The van der Waals surface area contributed by atoms with Gasteiger partial charge in [0.1, 0.15) is 0 Å². The number of sulfonamides is 2. The standard InChI is InChI=1S/C39H51Cl2N9O8S2/c1-7-49(8-2)21-19-42-59(55,56)31-15-11-29(12-16-31)45-47-37(26(5)51)36(53)24-28-23-34(41)35(25-33(28)40)44-39(54)38(27(6)52)48-46-30-13-17-32(18-14-30)60(57,58)43-20-22-50(9-3)10-4/h11-18,23,25,37-38,42-43H,7-10,19-22,24H2,1-6H3,(H,44,54). The lowest BCUT2D eigenvalue weighted by Crippen LogP contribution is -2.34. The number of halogens is 2. The number of rotatable bonds is 25. The lowest BCUT2D eigenvalue weighted by atomic mass is 10.0. The number of azo groups is 2. The maximum absolute atomic E-state index is 13.3. The molecular formula is C39H51Cl2N9O8S2. The van der Waals surface area contributed by atoms with Gasteiger partial charge in [-0.25, -0.2) is 26.3 Å². The molecule has 17 nitrogen and oxygen atoms in total. The molecule has 0 saturated heterocycles. The second kappa shape index (κ2) is 23.6. The van der Waals surface area contributed by atoms with E-state index in [1.165, 1.54) is 67.6 Å². The van der Waals surface area contributed by atoms with Crippen LogP contribution in [-0.2, 0) is 45.6 Å². The summed E-state index contributed by atoms with van der Waals surface area (Å²) in [7, 11) is -7.56. The number of likely N-dealkylation sites (N-methyl/N-ethyl adjacent to an activating group) is 2. The van der Waals surface area contributed by atoms with E-state index >= 15 is 0 Å². The molecule has 0 heterocycles. The molecule has 0 fully saturated rings. The van der Waals surface area contributed by atoms with Gasteiger partial charge in [-0.3, -0.25) is 19.2 Å². The molecule has 0 saturated carbocycles. The zero-order chi connectivity index (χ0) is 44.6. The molecule has 2 atom stereocenters. The zero-order valence-corrected chi connectivity index (χ0v) is 37.5. The maximum Gasteiger partial charge on any atom is 0.258 e. The fourth-order valence-electron chi connectivity index (χ4n) is 5.55. The van der Waals surface area contributed by atoms with Crippen molar-refractivity contribution in [3.05, 3.63) is 76.3 Å². The highest BCUT2D eigenvalue weighted by Gasteiger charge is 2.27. The average Bonchev–Trinajstić information content (AvgIpc) is 3.20. The molecule has 0 spiro atoms. The van der Waals surface area contributed by atoms with Gasteiger partial charge in [-0.15, -0.1) is 0 Å². The Morgan fingerprint density at radius 2 is 1.05 bits per heavy atom. The summed E-state index contributed by atoms with van der Waals surface area (Å²) in [6.45, 7) is 15.0. The number of carbonyl (C=O) groups is 4. The zero-order valence-electron chi connectivity index (χ0n) is 34.3. The molecule has 0 radical (unpaired) electrons. The predicted octanol–water partition coefficient (Wildman–Crippen LogP) is 5.77. The van der Waals surface area contributed by atoms with Gasteiger partial charge < -0.3 is 15.1 Å². The van der Waals surface area contributed by atoms with Crippen LogP contribution in [0.1, 0.15) is 47.1 Å². The maximum atomic E-state index is 13.3. The fourth-order valence-corrected chi connectivity index (χ4v) is 8.06. The number of Topliss-reactive ketones (excluding diaryl/α,β-unsaturated/α-hetero) is 3. The molecule has 326 valence electrons. The summed E-state index contributed by atoms with van der Waals surface area (Å²) in [6, 6.07) is 10.4. The fraction of sp³-hybridized carbons (Fsp3) is 0.436. The van der Waals surface area contributed by atoms with Gasteiger partial charge in [0.15, 0.2) is 23.4 Å². The summed E-state index contributed by atoms with van der Waals surface area (Å²) in [5, 5.41) is 18.2. The number of hydrogen-bond donors (Lipinski definition) is 3. The average molecular weight is 909 g/mol. The van der Waals surface area contributed by atoms with Gasteiger partial charge in [0.25, 0.3) is 5.91 Å². The smallest absolute Gasteiger partial charge is 0.258 e. The van der Waals surface area contributed by atoms with E-state index in [9.17, 15) is 36.0 Å². The number of nitrogens with zero attached hydrogens (tertiary/aromatic N) is 6. The van der Waals surface area contributed by atoms with Crippen LogP contribution in [0.2, 0.25) is 10.0 Å². The van der Waals surface area contributed by atoms with E-state index in [0.717, 1.165) is 33.1 Å². The first kappa shape index (κ1) is 50.0. The van der Waals surface area contributed by atoms with Crippen LogP contribution in [0.3, 0.4) is 0 Å². The van der Waals surface area contributed by atoms with E-state index in [4.69, 9.17) is 23.2 Å². The van der Waals surface area contributed by atoms with Crippen LogP contribution in [0.4, 0.5) is 17.1 Å². The molecule has 3 aromatic carbocycles. The largest absolute Gasteiger partial charge is 0.322 e. The number of carbonyl (C=O) groups excluding carboxylic acids is 4. The second-order valence-electron chi connectivity index (χ2n) is 13.4. The Bertz CT molecular complexity index is 2090. The first-order valence-corrected chi connectivity index (χ1v) is 22.9. The number of hydrogen-bond acceptors (Lipinski definition) is 14. The second-order valence-corrected chi connectivity index (χ2v) is 17.7. The summed E-state index contributed by atoms with van der Waals surface area (Å²) in [5.41, 5.74) is 0.605. The number of ketones is 3. The number of nitrogens with one attached hydrogen (secondary N) is 3. The molecule has 3 aromatic rings. The molecule has 3 rings (SSSR count). The van der Waals surface area contributed by atoms with E-state index in [2.05, 4.69) is 45.0 Å². The van der Waals surface area contributed by atoms with Crippen molar-refractivity contribution in [1.29, 1.82) is 0 Å². The van der Waals surface area contributed by atoms with Crippen molar-refractivity contribution >= 4 is 83.6 Å². The highest BCUT2D eigenvalue weighted by atomic mass is 35.5. The van der Waals surface area contributed by atoms with Crippen molar-refractivity contribution in [2.45, 2.75) is 69.8 Å². The Labute approximate surface area is 361 Å². The number of benzene rings is 3. The third kappa shape index (κ3) is 15.0. The Balaban J connectivity index is 1.66. The van der Waals surface area contributed by atoms with Gasteiger partial charge >= 0.3 is 0 Å². The summed E-state index contributed by atoms with van der Waals surface area (Å²) < 4.78 is 55.9. The lowest BCUT2D eigenvalue weighted by Gasteiger charge is -2.18. The minimum Gasteiger partial charge on any atom is -0.322 e. The molecule has 1 amide bonds. The third-order valence-electron chi connectivity index (χ3n) is 9.18. The van der Waals surface area contributed by atoms with Gasteiger partial charge in [0.05, 0.1) is 31.9 Å². The van der Waals surface area contributed by atoms with Crippen LogP contribution in [0.15, 0.2) is 90.9 Å². The quantitative estimate of drug-likeness (QED) is 0.0687. The van der Waals surface area contributed by atoms with Crippen LogP contribution in [0, 0.1) is 0 Å². The summed E-state index contributed by atoms with van der Waals surface area (Å²) in [6.07, 6.45) is -0.386. The van der Waals surface area contributed by atoms with Crippen molar-refractivity contribution in [3.63, 3.8) is 0 Å². The van der Waals surface area contributed by atoms with Crippen molar-refractivity contribution in [1.82, 2.24) is 19.2 Å². The van der Waals surface area contributed by atoms with Gasteiger partial charge in [-0.2, -0.15) is 20.5 Å². The number of amides is 1.